The van der Waals surface area contributed by atoms with Crippen LogP contribution in [0.2, 0.25) is 5.15 Å². The van der Waals surface area contributed by atoms with Gasteiger partial charge in [0.2, 0.25) is 10.0 Å². The predicted octanol–water partition coefficient (Wildman–Crippen LogP) is 2.30. The molecule has 0 bridgehead atoms. The molecule has 1 aliphatic heterocycles. The molecule has 4 nitrogen and oxygen atoms in total. The summed E-state index contributed by atoms with van der Waals surface area (Å²) >= 11 is 5.66. The maximum Gasteiger partial charge on any atom is 0.244 e. The number of hydrogen-bond acceptors (Lipinski definition) is 3. The second kappa shape index (κ2) is 4.92. The van der Waals surface area contributed by atoms with Crippen molar-refractivity contribution in [2.24, 2.45) is 0 Å². The van der Waals surface area contributed by atoms with Crippen LogP contribution in [0.4, 0.5) is 0 Å². The number of aromatic nitrogens is 1. The quantitative estimate of drug-likeness (QED) is 0.795. The lowest BCUT2D eigenvalue weighted by Gasteiger charge is -2.22. The first-order valence-electron chi connectivity index (χ1n) is 5.69. The smallest absolute Gasteiger partial charge is 0.243 e. The molecule has 1 fully saturated rings. The highest BCUT2D eigenvalue weighted by Gasteiger charge is 2.34. The van der Waals surface area contributed by atoms with Crippen LogP contribution >= 0.6 is 11.6 Å². The summed E-state index contributed by atoms with van der Waals surface area (Å²) in [5, 5.41) is 0.303. The molecule has 1 aromatic heterocycles. The number of halogens is 1. The van der Waals surface area contributed by atoms with Crippen molar-refractivity contribution < 1.29 is 8.42 Å². The van der Waals surface area contributed by atoms with Crippen LogP contribution in [0.25, 0.3) is 0 Å². The van der Waals surface area contributed by atoms with Crippen molar-refractivity contribution in [3.05, 3.63) is 23.5 Å². The van der Waals surface area contributed by atoms with Gasteiger partial charge in [0.1, 0.15) is 10.0 Å². The number of hydrogen-bond donors (Lipinski definition) is 0. The average molecular weight is 275 g/mol. The Morgan fingerprint density at radius 3 is 2.88 bits per heavy atom. The zero-order chi connectivity index (χ0) is 12.5. The molecule has 2 rings (SSSR count). The molecule has 0 aromatic carbocycles. The van der Waals surface area contributed by atoms with Crippen LogP contribution in [0.15, 0.2) is 23.2 Å². The van der Waals surface area contributed by atoms with Crippen LogP contribution in [-0.4, -0.2) is 30.3 Å². The maximum absolute atomic E-state index is 12.4. The van der Waals surface area contributed by atoms with Gasteiger partial charge in [-0.25, -0.2) is 13.4 Å². The van der Waals surface area contributed by atoms with Crippen molar-refractivity contribution in [1.82, 2.24) is 9.29 Å². The van der Waals surface area contributed by atoms with Crippen molar-refractivity contribution in [3.63, 3.8) is 0 Å². The van der Waals surface area contributed by atoms with Gasteiger partial charge >= 0.3 is 0 Å². The molecule has 1 aromatic rings. The zero-order valence-electron chi connectivity index (χ0n) is 9.63. The molecule has 2 heterocycles. The minimum atomic E-state index is -3.40. The Morgan fingerprint density at radius 2 is 2.29 bits per heavy atom. The van der Waals surface area contributed by atoms with Gasteiger partial charge in [-0.1, -0.05) is 18.5 Å². The van der Waals surface area contributed by atoms with E-state index < -0.39 is 10.0 Å². The number of rotatable bonds is 3. The molecule has 0 N–H and O–H groups in total. The first-order chi connectivity index (χ1) is 8.05. The molecule has 1 aliphatic rings. The molecule has 6 heteroatoms. The monoisotopic (exact) mass is 274 g/mol. The summed E-state index contributed by atoms with van der Waals surface area (Å²) in [7, 11) is -3.40. The molecule has 1 atom stereocenters. The minimum absolute atomic E-state index is 0.121. The van der Waals surface area contributed by atoms with Crippen LogP contribution < -0.4 is 0 Å². The van der Waals surface area contributed by atoms with E-state index in [1.807, 2.05) is 6.92 Å². The lowest BCUT2D eigenvalue weighted by Crippen LogP contribution is -2.35. The van der Waals surface area contributed by atoms with Crippen molar-refractivity contribution in [1.29, 1.82) is 0 Å². The fraction of sp³-hybridized carbons (Fsp3) is 0.545. The van der Waals surface area contributed by atoms with Gasteiger partial charge in [-0.3, -0.25) is 0 Å². The molecule has 17 heavy (non-hydrogen) atoms. The van der Waals surface area contributed by atoms with E-state index >= 15 is 0 Å². The second-order valence-corrected chi connectivity index (χ2v) is 6.41. The first-order valence-corrected chi connectivity index (χ1v) is 7.51. The molecule has 0 amide bonds. The summed E-state index contributed by atoms with van der Waals surface area (Å²) in [6.45, 7) is 2.61. The Hall–Kier alpha value is -0.650. The number of pyridine rings is 1. The van der Waals surface area contributed by atoms with Crippen molar-refractivity contribution >= 4 is 21.6 Å². The van der Waals surface area contributed by atoms with Gasteiger partial charge in [-0.05, 0) is 31.4 Å². The van der Waals surface area contributed by atoms with E-state index in [4.69, 9.17) is 11.6 Å². The van der Waals surface area contributed by atoms with E-state index in [-0.39, 0.29) is 10.9 Å². The zero-order valence-corrected chi connectivity index (χ0v) is 11.2. The number of nitrogens with zero attached hydrogens (tertiary/aromatic N) is 2. The van der Waals surface area contributed by atoms with E-state index in [9.17, 15) is 8.42 Å². The van der Waals surface area contributed by atoms with Crippen LogP contribution in [0.5, 0.6) is 0 Å². The van der Waals surface area contributed by atoms with E-state index in [1.165, 1.54) is 18.3 Å². The van der Waals surface area contributed by atoms with Crippen LogP contribution in [0.3, 0.4) is 0 Å². The highest BCUT2D eigenvalue weighted by Crippen LogP contribution is 2.27. The molecular formula is C11H15ClN2O2S. The molecular weight excluding hydrogens is 260 g/mol. The Bertz CT molecular complexity index is 487. The lowest BCUT2D eigenvalue weighted by atomic mass is 10.2. The Morgan fingerprint density at radius 1 is 1.53 bits per heavy atom. The Balaban J connectivity index is 2.33. The van der Waals surface area contributed by atoms with Crippen LogP contribution in [-0.2, 0) is 10.0 Å². The largest absolute Gasteiger partial charge is 0.244 e. The van der Waals surface area contributed by atoms with E-state index in [2.05, 4.69) is 4.98 Å². The molecule has 0 radical (unpaired) electrons. The van der Waals surface area contributed by atoms with Gasteiger partial charge in [0.15, 0.2) is 0 Å². The SMILES string of the molecule is CCC1CCCN1S(=O)(=O)c1ccc(Cl)nc1. The summed E-state index contributed by atoms with van der Waals surface area (Å²) in [6, 6.07) is 3.14. The molecule has 1 unspecified atom stereocenters. The standard InChI is InChI=1S/C11H15ClN2O2S/c1-2-9-4-3-7-14(9)17(15,16)10-5-6-11(12)13-8-10/h5-6,8-9H,2-4,7H2,1H3. The van der Waals surface area contributed by atoms with Gasteiger partial charge in [-0.15, -0.1) is 0 Å². The summed E-state index contributed by atoms with van der Waals surface area (Å²) in [6.07, 6.45) is 4.04. The summed E-state index contributed by atoms with van der Waals surface area (Å²) < 4.78 is 26.3. The van der Waals surface area contributed by atoms with Gasteiger partial charge in [0, 0.05) is 18.8 Å². The Kier molecular flexibility index (Phi) is 3.70. The summed E-state index contributed by atoms with van der Waals surface area (Å²) in [5.74, 6) is 0. The normalized spacial score (nSPS) is 21.9. The summed E-state index contributed by atoms with van der Waals surface area (Å²) in [5.41, 5.74) is 0. The third-order valence-electron chi connectivity index (χ3n) is 3.10. The van der Waals surface area contributed by atoms with Crippen LogP contribution in [0.1, 0.15) is 26.2 Å². The first kappa shape index (κ1) is 12.8. The highest BCUT2D eigenvalue weighted by atomic mass is 35.5. The highest BCUT2D eigenvalue weighted by molar-refractivity contribution is 7.89. The number of sulfonamides is 1. The minimum Gasteiger partial charge on any atom is -0.243 e. The Labute approximate surface area is 107 Å². The van der Waals surface area contributed by atoms with E-state index in [1.54, 1.807) is 4.31 Å². The molecule has 1 saturated heterocycles. The summed E-state index contributed by atoms with van der Waals surface area (Å²) in [4.78, 5) is 4.05. The lowest BCUT2D eigenvalue weighted by molar-refractivity contribution is 0.379. The van der Waals surface area contributed by atoms with E-state index in [0.29, 0.717) is 11.7 Å². The van der Waals surface area contributed by atoms with Gasteiger partial charge in [0.05, 0.1) is 0 Å². The van der Waals surface area contributed by atoms with Gasteiger partial charge < -0.3 is 0 Å². The molecule has 94 valence electrons. The third-order valence-corrected chi connectivity index (χ3v) is 5.26. The second-order valence-electron chi connectivity index (χ2n) is 4.14. The fourth-order valence-corrected chi connectivity index (χ4v) is 4.01. The van der Waals surface area contributed by atoms with Crippen molar-refractivity contribution in [3.8, 4) is 0 Å². The van der Waals surface area contributed by atoms with Crippen molar-refractivity contribution in [2.45, 2.75) is 37.1 Å². The molecule has 0 spiro atoms. The van der Waals surface area contributed by atoms with E-state index in [0.717, 1.165) is 19.3 Å². The van der Waals surface area contributed by atoms with Gasteiger partial charge in [-0.2, -0.15) is 4.31 Å². The van der Waals surface area contributed by atoms with Gasteiger partial charge in [0.25, 0.3) is 0 Å². The predicted molar refractivity (Wildman–Crippen MR) is 66.5 cm³/mol. The molecule has 0 saturated carbocycles. The van der Waals surface area contributed by atoms with Crippen LogP contribution in [0, 0.1) is 0 Å². The third kappa shape index (κ3) is 2.46. The topological polar surface area (TPSA) is 50.3 Å². The molecule has 0 aliphatic carbocycles. The average Bonchev–Trinajstić information content (AvgIpc) is 2.78. The van der Waals surface area contributed by atoms with Crippen molar-refractivity contribution in [2.75, 3.05) is 6.54 Å². The fourth-order valence-electron chi connectivity index (χ4n) is 2.18. The maximum atomic E-state index is 12.4.